The number of hydrogen-bond donors (Lipinski definition) is 1. The van der Waals surface area contributed by atoms with E-state index in [0.29, 0.717) is 11.4 Å². The van der Waals surface area contributed by atoms with Gasteiger partial charge in [0.15, 0.2) is 0 Å². The monoisotopic (exact) mass is 377 g/mol. The van der Waals surface area contributed by atoms with E-state index in [-0.39, 0.29) is 16.9 Å². The van der Waals surface area contributed by atoms with Gasteiger partial charge in [-0.25, -0.2) is 4.39 Å². The summed E-state index contributed by atoms with van der Waals surface area (Å²) in [4.78, 5) is 27.1. The van der Waals surface area contributed by atoms with Crippen molar-refractivity contribution in [1.29, 1.82) is 0 Å². The number of Topliss-reactive ketones (excluding diaryl/α,β-unsaturated/α-hetero) is 1. The second-order valence-electron chi connectivity index (χ2n) is 6.48. The van der Waals surface area contributed by atoms with Gasteiger partial charge in [-0.3, -0.25) is 14.5 Å². The smallest absolute Gasteiger partial charge is 0.300 e. The van der Waals surface area contributed by atoms with Gasteiger partial charge in [0.05, 0.1) is 11.8 Å². The molecule has 4 rings (SSSR count). The summed E-state index contributed by atoms with van der Waals surface area (Å²) in [7, 11) is 0. The van der Waals surface area contributed by atoms with Crippen molar-refractivity contribution in [2.45, 2.75) is 13.0 Å². The maximum Gasteiger partial charge on any atom is 0.300 e. The van der Waals surface area contributed by atoms with Crippen LogP contribution < -0.4 is 4.90 Å². The molecule has 140 valence electrons. The van der Waals surface area contributed by atoms with E-state index in [1.807, 2.05) is 19.1 Å². The molecule has 6 heteroatoms. The van der Waals surface area contributed by atoms with E-state index in [1.54, 1.807) is 24.3 Å². The van der Waals surface area contributed by atoms with Gasteiger partial charge in [0, 0.05) is 11.3 Å². The minimum atomic E-state index is -0.929. The Labute approximate surface area is 160 Å². The number of hydrogen-bond acceptors (Lipinski definition) is 4. The third-order valence-electron chi connectivity index (χ3n) is 4.75. The van der Waals surface area contributed by atoms with E-state index in [2.05, 4.69) is 0 Å². The van der Waals surface area contributed by atoms with Crippen molar-refractivity contribution in [2.75, 3.05) is 4.90 Å². The van der Waals surface area contributed by atoms with Crippen LogP contribution in [0.2, 0.25) is 0 Å². The molecule has 1 unspecified atom stereocenters. The maximum atomic E-state index is 13.3. The molecule has 1 aromatic heterocycles. The molecular formula is C22H16FNO4. The van der Waals surface area contributed by atoms with Crippen molar-refractivity contribution >= 4 is 23.1 Å². The van der Waals surface area contributed by atoms with Crippen molar-refractivity contribution in [3.63, 3.8) is 0 Å². The molecule has 0 radical (unpaired) electrons. The highest BCUT2D eigenvalue weighted by atomic mass is 19.1. The van der Waals surface area contributed by atoms with Crippen LogP contribution in [0.3, 0.4) is 0 Å². The molecule has 2 heterocycles. The van der Waals surface area contributed by atoms with E-state index in [4.69, 9.17) is 4.42 Å². The first kappa shape index (κ1) is 17.7. The van der Waals surface area contributed by atoms with Crippen LogP contribution >= 0.6 is 0 Å². The second kappa shape index (κ2) is 6.81. The van der Waals surface area contributed by atoms with Gasteiger partial charge in [-0.15, -0.1) is 0 Å². The lowest BCUT2D eigenvalue weighted by atomic mass is 9.99. The zero-order valence-corrected chi connectivity index (χ0v) is 14.9. The summed E-state index contributed by atoms with van der Waals surface area (Å²) in [5, 5.41) is 10.8. The quantitative estimate of drug-likeness (QED) is 0.418. The maximum absolute atomic E-state index is 13.3. The minimum absolute atomic E-state index is 0.102. The van der Waals surface area contributed by atoms with Crippen molar-refractivity contribution in [1.82, 2.24) is 0 Å². The van der Waals surface area contributed by atoms with Gasteiger partial charge in [0.1, 0.15) is 23.4 Å². The van der Waals surface area contributed by atoms with Crippen molar-refractivity contribution in [2.24, 2.45) is 0 Å². The molecule has 1 amide bonds. The number of para-hydroxylation sites is 1. The fourth-order valence-corrected chi connectivity index (χ4v) is 3.39. The SMILES string of the molecule is Cc1ccccc1N1C(=O)C(=O)/C(=C(\O)c2ccc(F)cc2)C1c1ccco1. The van der Waals surface area contributed by atoms with E-state index in [0.717, 1.165) is 5.56 Å². The lowest BCUT2D eigenvalue weighted by Crippen LogP contribution is -2.29. The number of carbonyl (C=O) groups is 2. The van der Waals surface area contributed by atoms with Gasteiger partial charge in [-0.1, -0.05) is 18.2 Å². The summed E-state index contributed by atoms with van der Waals surface area (Å²) in [6.45, 7) is 1.83. The first-order chi connectivity index (χ1) is 13.5. The summed E-state index contributed by atoms with van der Waals surface area (Å²) < 4.78 is 18.7. The number of furan rings is 1. The lowest BCUT2D eigenvalue weighted by Gasteiger charge is -2.24. The zero-order valence-electron chi connectivity index (χ0n) is 14.9. The number of ketones is 1. The Kier molecular flexibility index (Phi) is 4.31. The summed E-state index contributed by atoms with van der Waals surface area (Å²) >= 11 is 0. The summed E-state index contributed by atoms with van der Waals surface area (Å²) in [5.74, 6) is -2.10. The van der Waals surface area contributed by atoms with Crippen molar-refractivity contribution < 1.29 is 23.5 Å². The average molecular weight is 377 g/mol. The largest absolute Gasteiger partial charge is 0.507 e. The normalized spacial score (nSPS) is 18.6. The molecular weight excluding hydrogens is 361 g/mol. The molecule has 1 atom stereocenters. The molecule has 1 fully saturated rings. The summed E-state index contributed by atoms with van der Waals surface area (Å²) in [5.41, 5.74) is 1.47. The molecule has 3 aromatic rings. The molecule has 0 aliphatic carbocycles. The highest BCUT2D eigenvalue weighted by Crippen LogP contribution is 2.43. The topological polar surface area (TPSA) is 70.8 Å². The van der Waals surface area contributed by atoms with Gasteiger partial charge < -0.3 is 9.52 Å². The van der Waals surface area contributed by atoms with E-state index in [1.165, 1.54) is 35.4 Å². The fraction of sp³-hybridized carbons (Fsp3) is 0.0909. The van der Waals surface area contributed by atoms with E-state index in [9.17, 15) is 19.1 Å². The van der Waals surface area contributed by atoms with E-state index >= 15 is 0 Å². The lowest BCUT2D eigenvalue weighted by molar-refractivity contribution is -0.132. The van der Waals surface area contributed by atoms with Crippen LogP contribution in [0, 0.1) is 12.7 Å². The Hall–Kier alpha value is -3.67. The highest BCUT2D eigenvalue weighted by molar-refractivity contribution is 6.51. The Bertz CT molecular complexity index is 1080. The number of amides is 1. The number of aryl methyl sites for hydroxylation is 1. The van der Waals surface area contributed by atoms with Crippen LogP contribution in [0.1, 0.15) is 22.9 Å². The first-order valence-corrected chi connectivity index (χ1v) is 8.65. The molecule has 0 spiro atoms. The average Bonchev–Trinajstić information content (AvgIpc) is 3.30. The highest BCUT2D eigenvalue weighted by Gasteiger charge is 2.48. The molecule has 1 aliphatic heterocycles. The molecule has 1 saturated heterocycles. The number of nitrogens with zero attached hydrogens (tertiary/aromatic N) is 1. The van der Waals surface area contributed by atoms with Crippen LogP contribution in [0.4, 0.5) is 10.1 Å². The minimum Gasteiger partial charge on any atom is -0.507 e. The number of aliphatic hydroxyl groups excluding tert-OH is 1. The molecule has 2 aromatic carbocycles. The molecule has 0 saturated carbocycles. The Morgan fingerprint density at radius 3 is 2.39 bits per heavy atom. The van der Waals surface area contributed by atoms with Crippen LogP contribution in [-0.2, 0) is 9.59 Å². The zero-order chi connectivity index (χ0) is 19.8. The van der Waals surface area contributed by atoms with Crippen LogP contribution in [0.15, 0.2) is 76.9 Å². The first-order valence-electron chi connectivity index (χ1n) is 8.65. The number of halogens is 1. The summed E-state index contributed by atoms with van der Waals surface area (Å²) in [6.07, 6.45) is 1.44. The molecule has 28 heavy (non-hydrogen) atoms. The number of carbonyl (C=O) groups excluding carboxylic acids is 2. The Morgan fingerprint density at radius 2 is 1.75 bits per heavy atom. The standard InChI is InChI=1S/C22H16FNO4/c1-13-5-2-3-6-16(13)24-19(17-7-4-12-28-17)18(21(26)22(24)27)20(25)14-8-10-15(23)11-9-14/h2-12,19,25H,1H3/b20-18-. The Morgan fingerprint density at radius 1 is 1.04 bits per heavy atom. The van der Waals surface area contributed by atoms with E-state index < -0.39 is 23.5 Å². The third kappa shape index (κ3) is 2.79. The number of benzene rings is 2. The molecule has 1 N–H and O–H groups in total. The van der Waals surface area contributed by atoms with Gasteiger partial charge in [-0.05, 0) is 55.0 Å². The number of rotatable bonds is 3. The van der Waals surface area contributed by atoms with Gasteiger partial charge in [0.2, 0.25) is 0 Å². The van der Waals surface area contributed by atoms with Gasteiger partial charge >= 0.3 is 0 Å². The van der Waals surface area contributed by atoms with Gasteiger partial charge in [-0.2, -0.15) is 0 Å². The molecule has 1 aliphatic rings. The molecule has 5 nitrogen and oxygen atoms in total. The number of anilines is 1. The van der Waals surface area contributed by atoms with Crippen molar-refractivity contribution in [3.05, 3.63) is 95.2 Å². The predicted molar refractivity (Wildman–Crippen MR) is 101 cm³/mol. The van der Waals surface area contributed by atoms with Gasteiger partial charge in [0.25, 0.3) is 11.7 Å². The van der Waals surface area contributed by atoms with Crippen LogP contribution in [-0.4, -0.2) is 16.8 Å². The fourth-order valence-electron chi connectivity index (χ4n) is 3.39. The second-order valence-corrected chi connectivity index (χ2v) is 6.48. The summed E-state index contributed by atoms with van der Waals surface area (Å²) in [6, 6.07) is 14.6. The molecule has 0 bridgehead atoms. The predicted octanol–water partition coefficient (Wildman–Crippen LogP) is 4.35. The number of aliphatic hydroxyl groups is 1. The van der Waals surface area contributed by atoms with Crippen LogP contribution in [0.5, 0.6) is 0 Å². The van der Waals surface area contributed by atoms with Crippen molar-refractivity contribution in [3.8, 4) is 0 Å². The Balaban J connectivity index is 1.94. The van der Waals surface area contributed by atoms with Crippen LogP contribution in [0.25, 0.3) is 5.76 Å². The third-order valence-corrected chi connectivity index (χ3v) is 4.75.